The Morgan fingerprint density at radius 3 is 2.95 bits per heavy atom. The van der Waals surface area contributed by atoms with Gasteiger partial charge in [-0.05, 0) is 30.5 Å². The second-order valence-corrected chi connectivity index (χ2v) is 5.15. The van der Waals surface area contributed by atoms with Crippen molar-refractivity contribution in [3.8, 4) is 5.75 Å². The molecule has 4 nitrogen and oxygen atoms in total. The molecule has 0 saturated carbocycles. The van der Waals surface area contributed by atoms with Crippen LogP contribution in [0, 0.1) is 5.92 Å². The van der Waals surface area contributed by atoms with E-state index in [4.69, 9.17) is 10.5 Å². The topological polar surface area (TPSA) is 55.6 Å². The van der Waals surface area contributed by atoms with Crippen molar-refractivity contribution in [3.05, 3.63) is 29.3 Å². The summed E-state index contributed by atoms with van der Waals surface area (Å²) in [7, 11) is 1.64. The number of ether oxygens (including phenoxy) is 1. The second-order valence-electron chi connectivity index (χ2n) is 5.15. The normalized spacial score (nSPS) is 19.6. The first-order chi connectivity index (χ1) is 9.15. The average Bonchev–Trinajstić information content (AvgIpc) is 2.43. The van der Waals surface area contributed by atoms with E-state index in [-0.39, 0.29) is 11.8 Å². The van der Waals surface area contributed by atoms with E-state index in [0.29, 0.717) is 13.1 Å². The van der Waals surface area contributed by atoms with Crippen LogP contribution in [0.25, 0.3) is 0 Å². The molecule has 2 N–H and O–H groups in total. The smallest absolute Gasteiger partial charge is 0.225 e. The van der Waals surface area contributed by atoms with E-state index < -0.39 is 0 Å². The van der Waals surface area contributed by atoms with Gasteiger partial charge in [0.25, 0.3) is 0 Å². The van der Waals surface area contributed by atoms with E-state index in [0.717, 1.165) is 36.3 Å². The molecule has 104 valence electrons. The Morgan fingerprint density at radius 2 is 2.26 bits per heavy atom. The minimum Gasteiger partial charge on any atom is -0.496 e. The molecule has 1 aromatic rings. The van der Waals surface area contributed by atoms with Gasteiger partial charge in [-0.2, -0.15) is 0 Å². The molecule has 1 aromatic carbocycles. The summed E-state index contributed by atoms with van der Waals surface area (Å²) >= 11 is 0. The molecule has 0 aliphatic carbocycles. The van der Waals surface area contributed by atoms with Crippen LogP contribution in [0.1, 0.15) is 30.9 Å². The summed E-state index contributed by atoms with van der Waals surface area (Å²) in [5.41, 5.74) is 7.82. The fourth-order valence-corrected chi connectivity index (χ4v) is 2.60. The first kappa shape index (κ1) is 13.9. The van der Waals surface area contributed by atoms with Gasteiger partial charge in [0.05, 0.1) is 7.11 Å². The number of benzene rings is 1. The van der Waals surface area contributed by atoms with Crippen LogP contribution in [0.2, 0.25) is 0 Å². The maximum absolute atomic E-state index is 12.1. The molecular formula is C15H22N2O2. The summed E-state index contributed by atoms with van der Waals surface area (Å²) in [6.07, 6.45) is 2.10. The zero-order valence-corrected chi connectivity index (χ0v) is 11.7. The zero-order chi connectivity index (χ0) is 13.8. The predicted molar refractivity (Wildman–Crippen MR) is 74.7 cm³/mol. The lowest BCUT2D eigenvalue weighted by molar-refractivity contribution is -0.138. The number of amides is 1. The van der Waals surface area contributed by atoms with Crippen molar-refractivity contribution in [2.24, 2.45) is 11.7 Å². The molecule has 1 amide bonds. The highest BCUT2D eigenvalue weighted by atomic mass is 16.5. The van der Waals surface area contributed by atoms with Crippen LogP contribution in [0.3, 0.4) is 0 Å². The molecule has 1 saturated heterocycles. The van der Waals surface area contributed by atoms with Crippen molar-refractivity contribution in [2.75, 3.05) is 13.7 Å². The summed E-state index contributed by atoms with van der Waals surface area (Å²) in [6, 6.07) is 5.96. The number of carbonyl (C=O) groups is 1. The standard InChI is InChI=1S/C15H22N2O2/c1-11-4-3-7-17(15(11)18)10-12-5-6-14(19-2)13(8-12)9-16/h5-6,8,11H,3-4,7,9-10,16H2,1-2H3. The maximum Gasteiger partial charge on any atom is 0.225 e. The molecule has 0 radical (unpaired) electrons. The van der Waals surface area contributed by atoms with Crippen molar-refractivity contribution >= 4 is 5.91 Å². The third-order valence-corrected chi connectivity index (χ3v) is 3.74. The van der Waals surface area contributed by atoms with E-state index in [1.54, 1.807) is 7.11 Å². The molecule has 0 bridgehead atoms. The number of hydrogen-bond donors (Lipinski definition) is 1. The number of likely N-dealkylation sites (tertiary alicyclic amines) is 1. The second kappa shape index (κ2) is 6.06. The van der Waals surface area contributed by atoms with Gasteiger partial charge in [-0.25, -0.2) is 0 Å². The number of carbonyl (C=O) groups excluding carboxylic acids is 1. The van der Waals surface area contributed by atoms with Gasteiger partial charge in [0.15, 0.2) is 0 Å². The monoisotopic (exact) mass is 262 g/mol. The average molecular weight is 262 g/mol. The van der Waals surface area contributed by atoms with Crippen LogP contribution in [-0.2, 0) is 17.9 Å². The molecule has 0 aromatic heterocycles. The molecule has 1 heterocycles. The number of hydrogen-bond acceptors (Lipinski definition) is 3. The molecule has 4 heteroatoms. The molecule has 1 aliphatic rings. The van der Waals surface area contributed by atoms with E-state index in [9.17, 15) is 4.79 Å². The molecule has 0 spiro atoms. The molecule has 1 atom stereocenters. The molecule has 1 aliphatic heterocycles. The van der Waals surface area contributed by atoms with Crippen LogP contribution in [0.5, 0.6) is 5.75 Å². The Bertz CT molecular complexity index is 459. The van der Waals surface area contributed by atoms with Gasteiger partial charge >= 0.3 is 0 Å². The Balaban J connectivity index is 2.12. The van der Waals surface area contributed by atoms with Gasteiger partial charge in [0.2, 0.25) is 5.91 Å². The summed E-state index contributed by atoms with van der Waals surface area (Å²) in [4.78, 5) is 14.0. The van der Waals surface area contributed by atoms with Gasteiger partial charge in [-0.1, -0.05) is 13.0 Å². The summed E-state index contributed by atoms with van der Waals surface area (Å²) in [5.74, 6) is 1.22. The first-order valence-corrected chi connectivity index (χ1v) is 6.80. The summed E-state index contributed by atoms with van der Waals surface area (Å²) in [5, 5.41) is 0. The minimum atomic E-state index is 0.154. The van der Waals surface area contributed by atoms with Crippen LogP contribution >= 0.6 is 0 Å². The van der Waals surface area contributed by atoms with Gasteiger partial charge in [-0.3, -0.25) is 4.79 Å². The van der Waals surface area contributed by atoms with Gasteiger partial charge < -0.3 is 15.4 Å². The quantitative estimate of drug-likeness (QED) is 0.902. The number of piperidine rings is 1. The Hall–Kier alpha value is -1.55. The molecule has 19 heavy (non-hydrogen) atoms. The molecule has 1 unspecified atom stereocenters. The largest absolute Gasteiger partial charge is 0.496 e. The fraction of sp³-hybridized carbons (Fsp3) is 0.533. The summed E-state index contributed by atoms with van der Waals surface area (Å²) in [6.45, 7) is 3.97. The number of nitrogens with two attached hydrogens (primary N) is 1. The van der Waals surface area contributed by atoms with Gasteiger partial charge in [0, 0.05) is 31.1 Å². The van der Waals surface area contributed by atoms with E-state index in [1.165, 1.54) is 0 Å². The highest BCUT2D eigenvalue weighted by molar-refractivity contribution is 5.79. The molecular weight excluding hydrogens is 240 g/mol. The first-order valence-electron chi connectivity index (χ1n) is 6.80. The Kier molecular flexibility index (Phi) is 4.43. The highest BCUT2D eigenvalue weighted by Gasteiger charge is 2.24. The van der Waals surface area contributed by atoms with Crippen molar-refractivity contribution in [3.63, 3.8) is 0 Å². The maximum atomic E-state index is 12.1. The van der Waals surface area contributed by atoms with E-state index in [1.807, 2.05) is 30.0 Å². The Morgan fingerprint density at radius 1 is 1.47 bits per heavy atom. The predicted octanol–water partition coefficient (Wildman–Crippen LogP) is 1.91. The number of nitrogens with zero attached hydrogens (tertiary/aromatic N) is 1. The van der Waals surface area contributed by atoms with Crippen LogP contribution < -0.4 is 10.5 Å². The van der Waals surface area contributed by atoms with Crippen molar-refractivity contribution < 1.29 is 9.53 Å². The van der Waals surface area contributed by atoms with Crippen molar-refractivity contribution in [1.29, 1.82) is 0 Å². The lowest BCUT2D eigenvalue weighted by Crippen LogP contribution is -2.39. The third kappa shape index (κ3) is 3.07. The number of rotatable bonds is 4. The van der Waals surface area contributed by atoms with E-state index in [2.05, 4.69) is 0 Å². The van der Waals surface area contributed by atoms with Gasteiger partial charge in [-0.15, -0.1) is 0 Å². The van der Waals surface area contributed by atoms with Crippen molar-refractivity contribution in [1.82, 2.24) is 4.90 Å². The van der Waals surface area contributed by atoms with Gasteiger partial charge in [0.1, 0.15) is 5.75 Å². The highest BCUT2D eigenvalue weighted by Crippen LogP contribution is 2.23. The fourth-order valence-electron chi connectivity index (χ4n) is 2.60. The lowest BCUT2D eigenvalue weighted by atomic mass is 9.98. The zero-order valence-electron chi connectivity index (χ0n) is 11.7. The molecule has 2 rings (SSSR count). The molecule has 1 fully saturated rings. The third-order valence-electron chi connectivity index (χ3n) is 3.74. The minimum absolute atomic E-state index is 0.154. The SMILES string of the molecule is COc1ccc(CN2CCCC(C)C2=O)cc1CN. The lowest BCUT2D eigenvalue weighted by Gasteiger charge is -2.30. The number of methoxy groups -OCH3 is 1. The van der Waals surface area contributed by atoms with Crippen LogP contribution in [0.15, 0.2) is 18.2 Å². The Labute approximate surface area is 114 Å². The summed E-state index contributed by atoms with van der Waals surface area (Å²) < 4.78 is 5.26. The van der Waals surface area contributed by atoms with E-state index >= 15 is 0 Å². The van der Waals surface area contributed by atoms with Crippen molar-refractivity contribution in [2.45, 2.75) is 32.9 Å². The van der Waals surface area contributed by atoms with Crippen LogP contribution in [0.4, 0.5) is 0 Å². The van der Waals surface area contributed by atoms with Crippen LogP contribution in [-0.4, -0.2) is 24.5 Å².